The molecule has 2 heterocycles. The SMILES string of the molecule is CCN1C(=O)CSc2cnn(CC(=O)Nc3ccccc3C(=O)OC)c(=O)c21. The van der Waals surface area contributed by atoms with Crippen LogP contribution in [0.15, 0.2) is 40.2 Å². The first-order valence-corrected chi connectivity index (χ1v) is 9.45. The summed E-state index contributed by atoms with van der Waals surface area (Å²) in [5, 5.41) is 6.62. The van der Waals surface area contributed by atoms with Gasteiger partial charge in [-0.25, -0.2) is 9.48 Å². The second-order valence-corrected chi connectivity index (χ2v) is 6.85. The van der Waals surface area contributed by atoms with Crippen LogP contribution in [0.1, 0.15) is 17.3 Å². The molecule has 0 saturated carbocycles. The lowest BCUT2D eigenvalue weighted by atomic mass is 10.2. The first kappa shape index (κ1) is 19.6. The van der Waals surface area contributed by atoms with Crippen molar-refractivity contribution in [2.24, 2.45) is 0 Å². The van der Waals surface area contributed by atoms with E-state index in [-0.39, 0.29) is 35.1 Å². The van der Waals surface area contributed by atoms with Crippen molar-refractivity contribution in [3.63, 3.8) is 0 Å². The van der Waals surface area contributed by atoms with Crippen LogP contribution in [0.3, 0.4) is 0 Å². The zero-order valence-electron chi connectivity index (χ0n) is 15.3. The zero-order valence-corrected chi connectivity index (χ0v) is 16.1. The van der Waals surface area contributed by atoms with Crippen molar-refractivity contribution in [2.45, 2.75) is 18.4 Å². The average molecular weight is 402 g/mol. The minimum absolute atomic E-state index is 0.161. The summed E-state index contributed by atoms with van der Waals surface area (Å²) < 4.78 is 5.69. The number of nitrogens with zero attached hydrogens (tertiary/aromatic N) is 3. The molecule has 28 heavy (non-hydrogen) atoms. The highest BCUT2D eigenvalue weighted by Crippen LogP contribution is 2.31. The summed E-state index contributed by atoms with van der Waals surface area (Å²) in [6, 6.07) is 6.38. The zero-order chi connectivity index (χ0) is 20.3. The lowest BCUT2D eigenvalue weighted by molar-refractivity contribution is -0.117. The van der Waals surface area contributed by atoms with E-state index in [2.05, 4.69) is 10.4 Å². The van der Waals surface area contributed by atoms with Gasteiger partial charge in [0, 0.05) is 6.54 Å². The van der Waals surface area contributed by atoms with Crippen molar-refractivity contribution >= 4 is 40.9 Å². The molecule has 1 aromatic heterocycles. The Labute approximate surface area is 164 Å². The number of thioether (sulfide) groups is 1. The normalized spacial score (nSPS) is 13.1. The highest BCUT2D eigenvalue weighted by Gasteiger charge is 2.28. The van der Waals surface area contributed by atoms with Crippen LogP contribution in [-0.2, 0) is 20.9 Å². The number of amides is 2. The van der Waals surface area contributed by atoms with E-state index in [1.165, 1.54) is 36.0 Å². The number of methoxy groups -OCH3 is 1. The molecule has 0 fully saturated rings. The summed E-state index contributed by atoms with van der Waals surface area (Å²) in [7, 11) is 1.25. The fraction of sp³-hybridized carbons (Fsp3) is 0.278. The fourth-order valence-electron chi connectivity index (χ4n) is 2.81. The Kier molecular flexibility index (Phi) is 5.78. The Morgan fingerprint density at radius 3 is 2.75 bits per heavy atom. The smallest absolute Gasteiger partial charge is 0.339 e. The molecule has 1 aliphatic rings. The first-order valence-electron chi connectivity index (χ1n) is 8.46. The number of fused-ring (bicyclic) bond motifs is 1. The van der Waals surface area contributed by atoms with Crippen molar-refractivity contribution in [2.75, 3.05) is 29.6 Å². The second kappa shape index (κ2) is 8.26. The number of carbonyl (C=O) groups excluding carboxylic acids is 3. The number of hydrogen-bond donors (Lipinski definition) is 1. The molecule has 3 rings (SSSR count). The lowest BCUT2D eigenvalue weighted by Crippen LogP contribution is -2.42. The largest absolute Gasteiger partial charge is 0.465 e. The molecular formula is C18H18N4O5S. The minimum Gasteiger partial charge on any atom is -0.465 e. The van der Waals surface area contributed by atoms with E-state index in [4.69, 9.17) is 4.74 Å². The predicted molar refractivity (Wildman–Crippen MR) is 104 cm³/mol. The molecule has 0 atom stereocenters. The van der Waals surface area contributed by atoms with Gasteiger partial charge in [0.15, 0.2) is 0 Å². The van der Waals surface area contributed by atoms with Crippen LogP contribution in [0.4, 0.5) is 11.4 Å². The number of carbonyl (C=O) groups is 3. The number of anilines is 2. The van der Waals surface area contributed by atoms with Crippen LogP contribution in [0.25, 0.3) is 0 Å². The second-order valence-electron chi connectivity index (χ2n) is 5.83. The van der Waals surface area contributed by atoms with Crippen molar-refractivity contribution in [1.82, 2.24) is 9.78 Å². The van der Waals surface area contributed by atoms with Crippen LogP contribution in [0, 0.1) is 0 Å². The number of benzene rings is 1. The Balaban J connectivity index is 1.85. The van der Waals surface area contributed by atoms with Crippen LogP contribution in [0.2, 0.25) is 0 Å². The van der Waals surface area contributed by atoms with Crippen LogP contribution >= 0.6 is 11.8 Å². The van der Waals surface area contributed by atoms with E-state index < -0.39 is 17.4 Å². The maximum Gasteiger partial charge on any atom is 0.339 e. The Bertz CT molecular complexity index is 1000. The van der Waals surface area contributed by atoms with E-state index in [0.717, 1.165) is 4.68 Å². The molecule has 2 aromatic rings. The number of ether oxygens (including phenoxy) is 1. The molecule has 0 unspecified atom stereocenters. The number of nitrogens with one attached hydrogen (secondary N) is 1. The van der Waals surface area contributed by atoms with Gasteiger partial charge in [0.1, 0.15) is 12.2 Å². The van der Waals surface area contributed by atoms with Gasteiger partial charge in [-0.3, -0.25) is 14.4 Å². The van der Waals surface area contributed by atoms with Gasteiger partial charge in [0.05, 0.1) is 35.2 Å². The summed E-state index contributed by atoms with van der Waals surface area (Å²) in [5.41, 5.74) is 0.187. The average Bonchev–Trinajstić information content (AvgIpc) is 2.70. The molecule has 1 aromatic carbocycles. The van der Waals surface area contributed by atoms with Crippen molar-refractivity contribution < 1.29 is 19.1 Å². The molecule has 1 aliphatic heterocycles. The molecule has 0 aliphatic carbocycles. The predicted octanol–water partition coefficient (Wildman–Crippen LogP) is 1.13. The highest BCUT2D eigenvalue weighted by atomic mass is 32.2. The van der Waals surface area contributed by atoms with Gasteiger partial charge in [0.2, 0.25) is 11.8 Å². The van der Waals surface area contributed by atoms with Gasteiger partial charge < -0.3 is 15.0 Å². The first-order chi connectivity index (χ1) is 13.5. The molecule has 2 amide bonds. The van der Waals surface area contributed by atoms with E-state index in [9.17, 15) is 19.2 Å². The molecule has 0 bridgehead atoms. The summed E-state index contributed by atoms with van der Waals surface area (Å²) in [5.74, 6) is -1.04. The maximum atomic E-state index is 12.8. The minimum atomic E-state index is -0.589. The number of esters is 1. The number of para-hydroxylation sites is 1. The summed E-state index contributed by atoms with van der Waals surface area (Å²) >= 11 is 1.25. The van der Waals surface area contributed by atoms with Crippen LogP contribution in [0.5, 0.6) is 0 Å². The Morgan fingerprint density at radius 1 is 1.29 bits per heavy atom. The molecule has 146 valence electrons. The fourth-order valence-corrected chi connectivity index (χ4v) is 3.70. The van der Waals surface area contributed by atoms with Gasteiger partial charge in [0.25, 0.3) is 5.56 Å². The molecule has 10 heteroatoms. The number of aromatic nitrogens is 2. The van der Waals surface area contributed by atoms with Crippen molar-refractivity contribution in [3.8, 4) is 0 Å². The molecule has 0 saturated heterocycles. The third kappa shape index (κ3) is 3.77. The molecule has 1 N–H and O–H groups in total. The summed E-state index contributed by atoms with van der Waals surface area (Å²) in [6.07, 6.45) is 1.48. The van der Waals surface area contributed by atoms with Gasteiger partial charge in [-0.05, 0) is 19.1 Å². The third-order valence-corrected chi connectivity index (χ3v) is 5.12. The van der Waals surface area contributed by atoms with Crippen molar-refractivity contribution in [3.05, 3.63) is 46.4 Å². The Hall–Kier alpha value is -3.14. The molecule has 0 radical (unpaired) electrons. The number of hydrogen-bond acceptors (Lipinski definition) is 7. The monoisotopic (exact) mass is 402 g/mol. The van der Waals surface area contributed by atoms with E-state index in [1.54, 1.807) is 25.1 Å². The maximum absolute atomic E-state index is 12.8. The van der Waals surface area contributed by atoms with E-state index in [1.807, 2.05) is 0 Å². The molecular weight excluding hydrogens is 384 g/mol. The van der Waals surface area contributed by atoms with E-state index in [0.29, 0.717) is 11.4 Å². The summed E-state index contributed by atoms with van der Waals surface area (Å²) in [4.78, 5) is 51.1. The Morgan fingerprint density at radius 2 is 2.04 bits per heavy atom. The van der Waals surface area contributed by atoms with Gasteiger partial charge in [-0.1, -0.05) is 12.1 Å². The standard InChI is InChI=1S/C18H18N4O5S/c1-3-21-15(24)10-28-13-8-19-22(17(25)16(13)21)9-14(23)20-12-7-5-4-6-11(12)18(26)27-2/h4-8H,3,9-10H2,1-2H3,(H,20,23). The quantitative estimate of drug-likeness (QED) is 0.746. The lowest BCUT2D eigenvalue weighted by Gasteiger charge is -2.27. The molecule has 0 spiro atoms. The molecule has 9 nitrogen and oxygen atoms in total. The van der Waals surface area contributed by atoms with Crippen LogP contribution in [-0.4, -0.2) is 47.0 Å². The topological polar surface area (TPSA) is 111 Å². The third-order valence-electron chi connectivity index (χ3n) is 4.12. The van der Waals surface area contributed by atoms with Crippen LogP contribution < -0.4 is 15.8 Å². The van der Waals surface area contributed by atoms with Crippen molar-refractivity contribution in [1.29, 1.82) is 0 Å². The van der Waals surface area contributed by atoms with Gasteiger partial charge in [-0.2, -0.15) is 5.10 Å². The highest BCUT2D eigenvalue weighted by molar-refractivity contribution is 8.00. The van der Waals surface area contributed by atoms with Gasteiger partial charge >= 0.3 is 5.97 Å². The van der Waals surface area contributed by atoms with Gasteiger partial charge in [-0.15, -0.1) is 11.8 Å². The number of rotatable bonds is 5. The van der Waals surface area contributed by atoms with E-state index >= 15 is 0 Å². The summed E-state index contributed by atoms with van der Waals surface area (Å²) in [6.45, 7) is 1.76.